The SMILES string of the molecule is Cc1nonc1COc1ccc([N+](=O)[O-])cc1C(=O)O. The van der Waals surface area contributed by atoms with Crippen LogP contribution >= 0.6 is 0 Å². The molecular formula is C11H9N3O6. The van der Waals surface area contributed by atoms with Gasteiger partial charge in [0.1, 0.15) is 29.3 Å². The predicted molar refractivity (Wildman–Crippen MR) is 63.4 cm³/mol. The van der Waals surface area contributed by atoms with E-state index in [1.807, 2.05) is 0 Å². The number of hydrogen-bond donors (Lipinski definition) is 1. The fourth-order valence-electron chi connectivity index (χ4n) is 1.45. The van der Waals surface area contributed by atoms with Gasteiger partial charge in [0.2, 0.25) is 0 Å². The minimum atomic E-state index is -1.32. The van der Waals surface area contributed by atoms with E-state index in [0.29, 0.717) is 11.4 Å². The number of carbonyl (C=O) groups is 1. The summed E-state index contributed by atoms with van der Waals surface area (Å²) >= 11 is 0. The first kappa shape index (κ1) is 13.5. The summed E-state index contributed by atoms with van der Waals surface area (Å²) in [6.45, 7) is 1.61. The largest absolute Gasteiger partial charge is 0.486 e. The van der Waals surface area contributed by atoms with Crippen molar-refractivity contribution in [2.75, 3.05) is 0 Å². The van der Waals surface area contributed by atoms with Crippen molar-refractivity contribution in [1.29, 1.82) is 0 Å². The highest BCUT2D eigenvalue weighted by atomic mass is 16.6. The number of nitro groups is 1. The molecule has 0 fully saturated rings. The van der Waals surface area contributed by atoms with Crippen LogP contribution in [0.5, 0.6) is 5.75 Å². The quantitative estimate of drug-likeness (QED) is 0.644. The molecule has 9 heteroatoms. The number of aryl methyl sites for hydroxylation is 1. The van der Waals surface area contributed by atoms with Gasteiger partial charge in [0, 0.05) is 12.1 Å². The molecule has 0 amide bonds. The van der Waals surface area contributed by atoms with E-state index in [0.717, 1.165) is 12.1 Å². The predicted octanol–water partition coefficient (Wildman–Crippen LogP) is 1.56. The van der Waals surface area contributed by atoms with E-state index in [-0.39, 0.29) is 23.6 Å². The number of rotatable bonds is 5. The van der Waals surface area contributed by atoms with Crippen LogP contribution in [0.2, 0.25) is 0 Å². The Morgan fingerprint density at radius 1 is 1.50 bits per heavy atom. The van der Waals surface area contributed by atoms with Gasteiger partial charge in [-0.3, -0.25) is 10.1 Å². The lowest BCUT2D eigenvalue weighted by molar-refractivity contribution is -0.384. The molecule has 0 aliphatic carbocycles. The number of non-ortho nitro benzene ring substituents is 1. The molecule has 1 aromatic carbocycles. The third kappa shape index (κ3) is 2.71. The summed E-state index contributed by atoms with van der Waals surface area (Å²) in [7, 11) is 0. The van der Waals surface area contributed by atoms with Crippen molar-refractivity contribution in [2.24, 2.45) is 0 Å². The molecule has 0 saturated carbocycles. The summed E-state index contributed by atoms with van der Waals surface area (Å²) in [5.41, 5.74) is 0.311. The second kappa shape index (κ2) is 5.34. The zero-order chi connectivity index (χ0) is 14.7. The molecule has 104 valence electrons. The molecule has 0 saturated heterocycles. The van der Waals surface area contributed by atoms with Crippen molar-refractivity contribution < 1.29 is 24.2 Å². The van der Waals surface area contributed by atoms with Gasteiger partial charge in [0.15, 0.2) is 0 Å². The number of ether oxygens (including phenoxy) is 1. The van der Waals surface area contributed by atoms with E-state index in [1.165, 1.54) is 6.07 Å². The van der Waals surface area contributed by atoms with Gasteiger partial charge in [-0.15, -0.1) is 0 Å². The van der Waals surface area contributed by atoms with Crippen LogP contribution in [0.1, 0.15) is 21.7 Å². The summed E-state index contributed by atoms with van der Waals surface area (Å²) in [5, 5.41) is 26.8. The van der Waals surface area contributed by atoms with Crippen molar-refractivity contribution in [1.82, 2.24) is 10.3 Å². The Balaban J connectivity index is 2.25. The Labute approximate surface area is 111 Å². The molecule has 1 N–H and O–H groups in total. The number of nitro benzene ring substituents is 1. The van der Waals surface area contributed by atoms with Gasteiger partial charge in [0.05, 0.1) is 4.92 Å². The standard InChI is InChI=1S/C11H9N3O6/c1-6-9(13-20-12-6)5-19-10-3-2-7(14(17)18)4-8(10)11(15)16/h2-4H,5H2,1H3,(H,15,16). The van der Waals surface area contributed by atoms with Crippen LogP contribution in [0.4, 0.5) is 5.69 Å². The van der Waals surface area contributed by atoms with Crippen LogP contribution in [0.15, 0.2) is 22.8 Å². The van der Waals surface area contributed by atoms with E-state index in [1.54, 1.807) is 6.92 Å². The Kier molecular flexibility index (Phi) is 3.60. The maximum Gasteiger partial charge on any atom is 0.339 e. The van der Waals surface area contributed by atoms with Gasteiger partial charge in [0.25, 0.3) is 5.69 Å². The smallest absolute Gasteiger partial charge is 0.339 e. The molecule has 20 heavy (non-hydrogen) atoms. The van der Waals surface area contributed by atoms with Crippen molar-refractivity contribution in [3.05, 3.63) is 45.3 Å². The van der Waals surface area contributed by atoms with Gasteiger partial charge < -0.3 is 9.84 Å². The van der Waals surface area contributed by atoms with E-state index in [4.69, 9.17) is 9.84 Å². The molecule has 1 heterocycles. The summed E-state index contributed by atoms with van der Waals surface area (Å²) in [6, 6.07) is 3.33. The monoisotopic (exact) mass is 279 g/mol. The number of nitrogens with zero attached hydrogens (tertiary/aromatic N) is 3. The first-order chi connectivity index (χ1) is 9.49. The van der Waals surface area contributed by atoms with Crippen LogP contribution in [-0.4, -0.2) is 26.3 Å². The fraction of sp³-hybridized carbons (Fsp3) is 0.182. The van der Waals surface area contributed by atoms with Gasteiger partial charge in [-0.25, -0.2) is 9.42 Å². The second-order valence-corrected chi connectivity index (χ2v) is 3.83. The highest BCUT2D eigenvalue weighted by molar-refractivity contribution is 5.91. The maximum absolute atomic E-state index is 11.1. The molecule has 0 unspecified atom stereocenters. The number of carboxylic acids is 1. The van der Waals surface area contributed by atoms with Gasteiger partial charge in [-0.05, 0) is 13.0 Å². The number of aromatic carboxylic acids is 1. The Morgan fingerprint density at radius 2 is 2.25 bits per heavy atom. The summed E-state index contributed by atoms with van der Waals surface area (Å²) in [6.07, 6.45) is 0. The van der Waals surface area contributed by atoms with E-state index < -0.39 is 10.9 Å². The lowest BCUT2D eigenvalue weighted by Crippen LogP contribution is -2.05. The first-order valence-electron chi connectivity index (χ1n) is 5.41. The molecular weight excluding hydrogens is 270 g/mol. The molecule has 2 aromatic rings. The lowest BCUT2D eigenvalue weighted by Gasteiger charge is -2.07. The zero-order valence-corrected chi connectivity index (χ0v) is 10.3. The topological polar surface area (TPSA) is 129 Å². The molecule has 0 atom stereocenters. The van der Waals surface area contributed by atoms with Crippen LogP contribution < -0.4 is 4.74 Å². The third-order valence-electron chi connectivity index (χ3n) is 2.52. The number of hydrogen-bond acceptors (Lipinski definition) is 7. The van der Waals surface area contributed by atoms with Crippen LogP contribution in [-0.2, 0) is 6.61 Å². The Hall–Kier alpha value is -2.97. The maximum atomic E-state index is 11.1. The van der Waals surface area contributed by atoms with Gasteiger partial charge in [-0.2, -0.15) is 0 Å². The molecule has 9 nitrogen and oxygen atoms in total. The van der Waals surface area contributed by atoms with E-state index in [9.17, 15) is 14.9 Å². The van der Waals surface area contributed by atoms with Crippen LogP contribution in [0.25, 0.3) is 0 Å². The first-order valence-corrected chi connectivity index (χ1v) is 5.41. The second-order valence-electron chi connectivity index (χ2n) is 3.83. The average Bonchev–Trinajstić information content (AvgIpc) is 2.81. The number of carboxylic acid groups (broad SMARTS) is 1. The summed E-state index contributed by atoms with van der Waals surface area (Å²) in [5.74, 6) is -1.32. The van der Waals surface area contributed by atoms with Crippen molar-refractivity contribution >= 4 is 11.7 Å². The highest BCUT2D eigenvalue weighted by Gasteiger charge is 2.18. The summed E-state index contributed by atoms with van der Waals surface area (Å²) in [4.78, 5) is 21.0. The minimum Gasteiger partial charge on any atom is -0.486 e. The highest BCUT2D eigenvalue weighted by Crippen LogP contribution is 2.25. The Morgan fingerprint density at radius 3 is 2.80 bits per heavy atom. The van der Waals surface area contributed by atoms with E-state index in [2.05, 4.69) is 14.9 Å². The molecule has 0 aliphatic heterocycles. The molecule has 0 bridgehead atoms. The van der Waals surface area contributed by atoms with Crippen molar-refractivity contribution in [2.45, 2.75) is 13.5 Å². The lowest BCUT2D eigenvalue weighted by atomic mass is 10.2. The molecule has 1 aromatic heterocycles. The van der Waals surface area contributed by atoms with Crippen molar-refractivity contribution in [3.63, 3.8) is 0 Å². The summed E-state index contributed by atoms with van der Waals surface area (Å²) < 4.78 is 9.77. The van der Waals surface area contributed by atoms with E-state index >= 15 is 0 Å². The number of benzene rings is 1. The molecule has 0 radical (unpaired) electrons. The normalized spacial score (nSPS) is 10.2. The third-order valence-corrected chi connectivity index (χ3v) is 2.52. The average molecular weight is 279 g/mol. The van der Waals surface area contributed by atoms with Gasteiger partial charge in [-0.1, -0.05) is 10.3 Å². The van der Waals surface area contributed by atoms with Crippen molar-refractivity contribution in [3.8, 4) is 5.75 Å². The van der Waals surface area contributed by atoms with Crippen LogP contribution in [0, 0.1) is 17.0 Å². The minimum absolute atomic E-state index is 0.00509. The molecule has 0 aliphatic rings. The van der Waals surface area contributed by atoms with Gasteiger partial charge >= 0.3 is 5.97 Å². The molecule has 2 rings (SSSR count). The molecule has 0 spiro atoms. The van der Waals surface area contributed by atoms with Crippen LogP contribution in [0.3, 0.4) is 0 Å². The zero-order valence-electron chi connectivity index (χ0n) is 10.3. The Bertz CT molecular complexity index is 666. The fourth-order valence-corrected chi connectivity index (χ4v) is 1.45. The number of aromatic nitrogens is 2.